The number of amides is 1. The van der Waals surface area contributed by atoms with Gasteiger partial charge in [0.15, 0.2) is 11.5 Å². The van der Waals surface area contributed by atoms with Crippen LogP contribution in [-0.4, -0.2) is 30.8 Å². The van der Waals surface area contributed by atoms with Gasteiger partial charge in [0, 0.05) is 19.2 Å². The molecule has 2 N–H and O–H groups in total. The summed E-state index contributed by atoms with van der Waals surface area (Å²) >= 11 is 0. The standard InChI is InChI=1S/C17H16N2O4S/c1-19-15(17(21)18-11-12-7-3-2-4-8-12)16(20)13-9-5-6-10-14(13)24(19,22)23/h2-10,20H,11H2,1H3,(H,18,21). The second-order valence-electron chi connectivity index (χ2n) is 5.33. The number of likely N-dealkylation sites (N-methyl/N-ethyl adjacent to an activating group) is 1. The van der Waals surface area contributed by atoms with Gasteiger partial charge in [-0.2, -0.15) is 0 Å². The number of rotatable bonds is 3. The van der Waals surface area contributed by atoms with Crippen molar-refractivity contribution in [2.45, 2.75) is 11.4 Å². The van der Waals surface area contributed by atoms with Crippen molar-refractivity contribution < 1.29 is 18.3 Å². The molecule has 7 heteroatoms. The summed E-state index contributed by atoms with van der Waals surface area (Å²) in [4.78, 5) is 12.4. The lowest BCUT2D eigenvalue weighted by Gasteiger charge is -2.28. The second-order valence-corrected chi connectivity index (χ2v) is 7.27. The molecule has 24 heavy (non-hydrogen) atoms. The Morgan fingerprint density at radius 2 is 1.71 bits per heavy atom. The SMILES string of the molecule is CN1C(C(=O)NCc2ccccc2)=C(O)c2ccccc2S1(=O)=O. The number of sulfonamides is 1. The number of benzene rings is 2. The van der Waals surface area contributed by atoms with Gasteiger partial charge in [-0.05, 0) is 17.7 Å². The van der Waals surface area contributed by atoms with Crippen LogP contribution >= 0.6 is 0 Å². The first-order chi connectivity index (χ1) is 11.4. The molecule has 2 aromatic carbocycles. The highest BCUT2D eigenvalue weighted by Gasteiger charge is 2.37. The highest BCUT2D eigenvalue weighted by molar-refractivity contribution is 7.89. The smallest absolute Gasteiger partial charge is 0.272 e. The largest absolute Gasteiger partial charge is 0.505 e. The third kappa shape index (κ3) is 2.63. The summed E-state index contributed by atoms with van der Waals surface area (Å²) in [6, 6.07) is 15.3. The normalized spacial score (nSPS) is 15.8. The summed E-state index contributed by atoms with van der Waals surface area (Å²) in [6.45, 7) is 0.228. The number of carbonyl (C=O) groups is 1. The van der Waals surface area contributed by atoms with Crippen molar-refractivity contribution >= 4 is 21.7 Å². The molecular weight excluding hydrogens is 328 g/mol. The maximum absolute atomic E-state index is 12.5. The molecule has 0 bridgehead atoms. The van der Waals surface area contributed by atoms with Crippen LogP contribution in [0.2, 0.25) is 0 Å². The van der Waals surface area contributed by atoms with Gasteiger partial charge in [-0.3, -0.25) is 9.10 Å². The quantitative estimate of drug-likeness (QED) is 0.890. The predicted octanol–water partition coefficient (Wildman–Crippen LogP) is 1.86. The Kier molecular flexibility index (Phi) is 4.02. The van der Waals surface area contributed by atoms with Gasteiger partial charge < -0.3 is 10.4 Å². The Hall–Kier alpha value is -2.80. The van der Waals surface area contributed by atoms with Crippen LogP contribution < -0.4 is 5.32 Å². The van der Waals surface area contributed by atoms with E-state index >= 15 is 0 Å². The second kappa shape index (κ2) is 6.01. The number of nitrogens with zero attached hydrogens (tertiary/aromatic N) is 1. The summed E-state index contributed by atoms with van der Waals surface area (Å²) in [5, 5.41) is 13.0. The summed E-state index contributed by atoms with van der Waals surface area (Å²) in [5.41, 5.74) is 0.706. The first-order valence-electron chi connectivity index (χ1n) is 7.26. The van der Waals surface area contributed by atoms with Gasteiger partial charge in [0.05, 0.1) is 4.90 Å². The number of carbonyl (C=O) groups excluding carboxylic acids is 1. The highest BCUT2D eigenvalue weighted by Crippen LogP contribution is 2.34. The number of nitrogens with one attached hydrogen (secondary N) is 1. The Bertz CT molecular complexity index is 921. The monoisotopic (exact) mass is 344 g/mol. The molecule has 6 nitrogen and oxygen atoms in total. The first kappa shape index (κ1) is 16.1. The summed E-state index contributed by atoms with van der Waals surface area (Å²) < 4.78 is 25.9. The summed E-state index contributed by atoms with van der Waals surface area (Å²) in [7, 11) is -2.63. The van der Waals surface area contributed by atoms with E-state index in [0.717, 1.165) is 9.87 Å². The van der Waals surface area contributed by atoms with Crippen molar-refractivity contribution in [3.63, 3.8) is 0 Å². The van der Waals surface area contributed by atoms with Crippen molar-refractivity contribution in [3.8, 4) is 0 Å². The lowest BCUT2D eigenvalue weighted by atomic mass is 10.1. The maximum Gasteiger partial charge on any atom is 0.272 e. The number of aliphatic hydroxyl groups is 1. The van der Waals surface area contributed by atoms with Gasteiger partial charge in [-0.15, -0.1) is 0 Å². The molecule has 2 aromatic rings. The van der Waals surface area contributed by atoms with Crippen LogP contribution in [-0.2, 0) is 21.4 Å². The molecule has 0 saturated carbocycles. The van der Waals surface area contributed by atoms with Gasteiger partial charge in [-0.1, -0.05) is 42.5 Å². The van der Waals surface area contributed by atoms with Gasteiger partial charge in [0.2, 0.25) is 0 Å². The minimum Gasteiger partial charge on any atom is -0.505 e. The number of hydrogen-bond acceptors (Lipinski definition) is 4. The van der Waals surface area contributed by atoms with Crippen LogP contribution in [0, 0.1) is 0 Å². The first-order valence-corrected chi connectivity index (χ1v) is 8.70. The van der Waals surface area contributed by atoms with Crippen molar-refractivity contribution in [2.24, 2.45) is 0 Å². The molecule has 0 aromatic heterocycles. The van der Waals surface area contributed by atoms with Crippen LogP contribution in [0.25, 0.3) is 5.76 Å². The van der Waals surface area contributed by atoms with Crippen LogP contribution in [0.4, 0.5) is 0 Å². The Morgan fingerprint density at radius 1 is 1.08 bits per heavy atom. The fourth-order valence-corrected chi connectivity index (χ4v) is 3.94. The molecule has 1 amide bonds. The summed E-state index contributed by atoms with van der Waals surface area (Å²) in [5.74, 6) is -1.01. The van der Waals surface area contributed by atoms with E-state index in [2.05, 4.69) is 5.32 Å². The van der Waals surface area contributed by atoms with E-state index in [-0.39, 0.29) is 28.5 Å². The zero-order valence-corrected chi connectivity index (χ0v) is 13.7. The fraction of sp³-hybridized carbons (Fsp3) is 0.118. The molecule has 0 aliphatic carbocycles. The molecule has 0 fully saturated rings. The Labute approximate surface area is 140 Å². The van der Waals surface area contributed by atoms with Crippen molar-refractivity contribution in [1.29, 1.82) is 0 Å². The lowest BCUT2D eigenvalue weighted by molar-refractivity contribution is -0.118. The van der Waals surface area contributed by atoms with Gasteiger partial charge in [-0.25, -0.2) is 8.42 Å². The molecular formula is C17H16N2O4S. The van der Waals surface area contributed by atoms with Crippen LogP contribution in [0.1, 0.15) is 11.1 Å². The molecule has 3 rings (SSSR count). The minimum absolute atomic E-state index is 0.0235. The van der Waals surface area contributed by atoms with Crippen LogP contribution in [0.3, 0.4) is 0 Å². The van der Waals surface area contributed by atoms with Crippen LogP contribution in [0.5, 0.6) is 0 Å². The third-order valence-corrected chi connectivity index (χ3v) is 5.65. The average molecular weight is 344 g/mol. The molecule has 0 saturated heterocycles. The average Bonchev–Trinajstić information content (AvgIpc) is 2.60. The minimum atomic E-state index is -3.88. The zero-order chi connectivity index (χ0) is 17.3. The molecule has 1 aliphatic rings. The van der Waals surface area contributed by atoms with Crippen molar-refractivity contribution in [2.75, 3.05) is 7.05 Å². The third-order valence-electron chi connectivity index (χ3n) is 3.83. The van der Waals surface area contributed by atoms with E-state index in [1.807, 2.05) is 30.3 Å². The van der Waals surface area contributed by atoms with E-state index in [4.69, 9.17) is 0 Å². The number of hydrogen-bond donors (Lipinski definition) is 2. The molecule has 1 heterocycles. The van der Waals surface area contributed by atoms with E-state index in [1.165, 1.54) is 19.2 Å². The molecule has 124 valence electrons. The predicted molar refractivity (Wildman–Crippen MR) is 89.2 cm³/mol. The zero-order valence-electron chi connectivity index (χ0n) is 12.9. The lowest BCUT2D eigenvalue weighted by Crippen LogP contribution is -2.39. The van der Waals surface area contributed by atoms with E-state index in [9.17, 15) is 18.3 Å². The molecule has 0 radical (unpaired) electrons. The molecule has 0 spiro atoms. The van der Waals surface area contributed by atoms with Gasteiger partial charge in [0.1, 0.15) is 0 Å². The van der Waals surface area contributed by atoms with Gasteiger partial charge in [0.25, 0.3) is 15.9 Å². The molecule has 1 aliphatic heterocycles. The topological polar surface area (TPSA) is 86.7 Å². The molecule has 0 atom stereocenters. The van der Waals surface area contributed by atoms with Crippen LogP contribution in [0.15, 0.2) is 65.2 Å². The maximum atomic E-state index is 12.5. The highest BCUT2D eigenvalue weighted by atomic mass is 32.2. The van der Waals surface area contributed by atoms with E-state index in [1.54, 1.807) is 12.1 Å². The fourth-order valence-electron chi connectivity index (χ4n) is 2.54. The molecule has 0 unspecified atom stereocenters. The summed E-state index contributed by atoms with van der Waals surface area (Å²) in [6.07, 6.45) is 0. The Balaban J connectivity index is 1.96. The number of fused-ring (bicyclic) bond motifs is 1. The van der Waals surface area contributed by atoms with Gasteiger partial charge >= 0.3 is 0 Å². The van der Waals surface area contributed by atoms with Crippen molar-refractivity contribution in [1.82, 2.24) is 9.62 Å². The van der Waals surface area contributed by atoms with E-state index in [0.29, 0.717) is 0 Å². The van der Waals surface area contributed by atoms with E-state index < -0.39 is 15.9 Å². The number of aliphatic hydroxyl groups excluding tert-OH is 1. The van der Waals surface area contributed by atoms with Crippen molar-refractivity contribution in [3.05, 3.63) is 71.4 Å². The Morgan fingerprint density at radius 3 is 2.42 bits per heavy atom.